The maximum Gasteiger partial charge on any atom is 0.324 e. The molecule has 2 aromatic carbocycles. The van der Waals surface area contributed by atoms with E-state index >= 15 is 0 Å². The van der Waals surface area contributed by atoms with Crippen molar-refractivity contribution in [1.29, 1.82) is 0 Å². The largest absolute Gasteiger partial charge is 0.454 e. The lowest BCUT2D eigenvalue weighted by Gasteiger charge is -2.12. The van der Waals surface area contributed by atoms with Crippen molar-refractivity contribution in [3.8, 4) is 11.5 Å². The molecule has 0 atom stereocenters. The van der Waals surface area contributed by atoms with Gasteiger partial charge in [0, 0.05) is 29.9 Å². The molecule has 1 fully saturated rings. The van der Waals surface area contributed by atoms with Crippen molar-refractivity contribution >= 4 is 46.7 Å². The van der Waals surface area contributed by atoms with Crippen molar-refractivity contribution in [2.24, 2.45) is 0 Å². The number of fused-ring (bicyclic) bond motifs is 1. The van der Waals surface area contributed by atoms with E-state index in [0.717, 1.165) is 4.90 Å². The summed E-state index contributed by atoms with van der Waals surface area (Å²) < 4.78 is 10.5. The van der Waals surface area contributed by atoms with E-state index in [1.165, 1.54) is 6.07 Å². The monoisotopic (exact) mass is 444 g/mol. The highest BCUT2D eigenvalue weighted by atomic mass is 35.5. The summed E-state index contributed by atoms with van der Waals surface area (Å²) in [5, 5.41) is 8.08. The van der Waals surface area contributed by atoms with Crippen molar-refractivity contribution in [1.82, 2.24) is 10.2 Å². The Kier molecular flexibility index (Phi) is 5.63. The minimum absolute atomic E-state index is 0.00271. The number of anilines is 2. The molecule has 0 spiro atoms. The molecule has 0 saturated carbocycles. The quantitative estimate of drug-likeness (QED) is 0.586. The SMILES string of the molecule is O=C(CCN1C(=O)CNC1=O)Nc1ccc(NC(=O)c2cc(Cl)c3c(c2)OCO3)cc1. The molecule has 3 N–H and O–H groups in total. The highest BCUT2D eigenvalue weighted by molar-refractivity contribution is 6.32. The van der Waals surface area contributed by atoms with Gasteiger partial charge in [0.2, 0.25) is 18.6 Å². The fourth-order valence-corrected chi connectivity index (χ4v) is 3.32. The van der Waals surface area contributed by atoms with Crippen molar-refractivity contribution in [2.45, 2.75) is 6.42 Å². The first-order valence-corrected chi connectivity index (χ1v) is 9.67. The van der Waals surface area contributed by atoms with E-state index in [1.807, 2.05) is 0 Å². The number of rotatable bonds is 6. The number of benzene rings is 2. The first kappa shape index (κ1) is 20.5. The lowest BCUT2D eigenvalue weighted by Crippen LogP contribution is -2.33. The van der Waals surface area contributed by atoms with Crippen LogP contribution in [0.1, 0.15) is 16.8 Å². The van der Waals surface area contributed by atoms with Gasteiger partial charge < -0.3 is 25.4 Å². The number of carbonyl (C=O) groups excluding carboxylic acids is 4. The van der Waals surface area contributed by atoms with Gasteiger partial charge in [-0.05, 0) is 36.4 Å². The molecule has 0 aliphatic carbocycles. The predicted molar refractivity (Wildman–Crippen MR) is 110 cm³/mol. The summed E-state index contributed by atoms with van der Waals surface area (Å²) in [6, 6.07) is 9.02. The molecule has 160 valence electrons. The normalized spacial score (nSPS) is 14.4. The second-order valence-corrected chi connectivity index (χ2v) is 7.13. The Morgan fingerprint density at radius 1 is 1.06 bits per heavy atom. The van der Waals surface area contributed by atoms with Crippen LogP contribution in [-0.4, -0.2) is 48.5 Å². The maximum atomic E-state index is 12.5. The zero-order valence-electron chi connectivity index (χ0n) is 16.1. The van der Waals surface area contributed by atoms with Gasteiger partial charge in [-0.15, -0.1) is 0 Å². The number of imide groups is 1. The Hall–Kier alpha value is -3.79. The standard InChI is InChI=1S/C20H17ClN4O6/c21-14-7-11(8-15-18(14)31-10-30-15)19(28)24-13-3-1-12(2-4-13)23-16(26)5-6-25-17(27)9-22-20(25)29/h1-4,7-8H,5-6,9-10H2,(H,22,29)(H,23,26)(H,24,28). The van der Waals surface area contributed by atoms with E-state index in [4.69, 9.17) is 21.1 Å². The van der Waals surface area contributed by atoms with Gasteiger partial charge in [0.1, 0.15) is 0 Å². The van der Waals surface area contributed by atoms with Gasteiger partial charge in [-0.25, -0.2) is 4.79 Å². The van der Waals surface area contributed by atoms with E-state index in [1.54, 1.807) is 30.3 Å². The summed E-state index contributed by atoms with van der Waals surface area (Å²) in [5.74, 6) is -0.275. The molecule has 10 nitrogen and oxygen atoms in total. The molecular weight excluding hydrogens is 428 g/mol. The second kappa shape index (κ2) is 8.52. The molecule has 0 unspecified atom stereocenters. The van der Waals surface area contributed by atoms with Gasteiger partial charge in [0.05, 0.1) is 11.6 Å². The molecule has 2 heterocycles. The van der Waals surface area contributed by atoms with Gasteiger partial charge in [0.25, 0.3) is 5.91 Å². The Balaban J connectivity index is 1.31. The van der Waals surface area contributed by atoms with E-state index in [0.29, 0.717) is 28.4 Å². The summed E-state index contributed by atoms with van der Waals surface area (Å²) in [7, 11) is 0. The van der Waals surface area contributed by atoms with Gasteiger partial charge >= 0.3 is 6.03 Å². The minimum atomic E-state index is -0.498. The van der Waals surface area contributed by atoms with E-state index in [9.17, 15) is 19.2 Å². The van der Waals surface area contributed by atoms with Crippen LogP contribution < -0.4 is 25.4 Å². The van der Waals surface area contributed by atoms with Crippen molar-refractivity contribution in [2.75, 3.05) is 30.5 Å². The molecular formula is C20H17ClN4O6. The van der Waals surface area contributed by atoms with Crippen LogP contribution in [0, 0.1) is 0 Å². The van der Waals surface area contributed by atoms with Crippen molar-refractivity contribution in [3.63, 3.8) is 0 Å². The van der Waals surface area contributed by atoms with E-state index < -0.39 is 6.03 Å². The molecule has 2 aliphatic rings. The number of nitrogens with zero attached hydrogens (tertiary/aromatic N) is 1. The number of urea groups is 1. The number of halogens is 1. The average Bonchev–Trinajstić information content (AvgIpc) is 3.35. The van der Waals surface area contributed by atoms with Gasteiger partial charge in [0.15, 0.2) is 11.5 Å². The third kappa shape index (κ3) is 4.53. The molecule has 0 aromatic heterocycles. The molecule has 2 aromatic rings. The van der Waals surface area contributed by atoms with E-state index in [-0.39, 0.29) is 49.0 Å². The van der Waals surface area contributed by atoms with Crippen LogP contribution in [0.25, 0.3) is 0 Å². The molecule has 31 heavy (non-hydrogen) atoms. The molecule has 11 heteroatoms. The van der Waals surface area contributed by atoms with Crippen LogP contribution in [0.5, 0.6) is 11.5 Å². The third-order valence-corrected chi connectivity index (χ3v) is 4.90. The Morgan fingerprint density at radius 2 is 1.77 bits per heavy atom. The number of amides is 5. The van der Waals surface area contributed by atoms with Gasteiger partial charge in [-0.2, -0.15) is 0 Å². The zero-order valence-corrected chi connectivity index (χ0v) is 16.8. The van der Waals surface area contributed by atoms with Crippen LogP contribution >= 0.6 is 11.6 Å². The van der Waals surface area contributed by atoms with Crippen LogP contribution in [0.15, 0.2) is 36.4 Å². The number of carbonyl (C=O) groups is 4. The Morgan fingerprint density at radius 3 is 2.45 bits per heavy atom. The van der Waals surface area contributed by atoms with Gasteiger partial charge in [-0.1, -0.05) is 11.6 Å². The number of nitrogens with one attached hydrogen (secondary N) is 3. The second-order valence-electron chi connectivity index (χ2n) is 6.73. The maximum absolute atomic E-state index is 12.5. The summed E-state index contributed by atoms with van der Waals surface area (Å²) in [6.45, 7) is 0.00365. The van der Waals surface area contributed by atoms with Crippen molar-refractivity contribution in [3.05, 3.63) is 47.0 Å². The summed E-state index contributed by atoms with van der Waals surface area (Å²) in [6.07, 6.45) is -0.0253. The predicted octanol–water partition coefficient (Wildman–Crippen LogP) is 2.20. The van der Waals surface area contributed by atoms with E-state index in [2.05, 4.69) is 16.0 Å². The Labute approximate surface area is 181 Å². The fraction of sp³-hybridized carbons (Fsp3) is 0.200. The first-order chi connectivity index (χ1) is 14.9. The van der Waals surface area contributed by atoms with Crippen LogP contribution in [0.3, 0.4) is 0 Å². The molecule has 1 saturated heterocycles. The molecule has 0 bridgehead atoms. The minimum Gasteiger partial charge on any atom is -0.454 e. The van der Waals surface area contributed by atoms with Gasteiger partial charge in [-0.3, -0.25) is 19.3 Å². The lowest BCUT2D eigenvalue weighted by atomic mass is 10.1. The fourth-order valence-electron chi connectivity index (χ4n) is 3.06. The summed E-state index contributed by atoms with van der Waals surface area (Å²) in [4.78, 5) is 48.5. The Bertz CT molecular complexity index is 1060. The van der Waals surface area contributed by atoms with Crippen LogP contribution in [0.4, 0.5) is 16.2 Å². The zero-order chi connectivity index (χ0) is 22.0. The van der Waals surface area contributed by atoms with Crippen LogP contribution in [-0.2, 0) is 9.59 Å². The molecule has 4 rings (SSSR count). The van der Waals surface area contributed by atoms with Crippen LogP contribution in [0.2, 0.25) is 5.02 Å². The highest BCUT2D eigenvalue weighted by Crippen LogP contribution is 2.39. The summed E-state index contributed by atoms with van der Waals surface area (Å²) in [5.41, 5.74) is 1.33. The van der Waals surface area contributed by atoms with Crippen molar-refractivity contribution < 1.29 is 28.7 Å². The topological polar surface area (TPSA) is 126 Å². The third-order valence-electron chi connectivity index (χ3n) is 4.62. The molecule has 0 radical (unpaired) electrons. The number of ether oxygens (including phenoxy) is 2. The average molecular weight is 445 g/mol. The smallest absolute Gasteiger partial charge is 0.324 e. The summed E-state index contributed by atoms with van der Waals surface area (Å²) >= 11 is 6.11. The lowest BCUT2D eigenvalue weighted by molar-refractivity contribution is -0.125. The number of hydrogen-bond donors (Lipinski definition) is 3. The number of hydrogen-bond acceptors (Lipinski definition) is 6. The first-order valence-electron chi connectivity index (χ1n) is 9.29. The highest BCUT2D eigenvalue weighted by Gasteiger charge is 2.28. The molecule has 2 aliphatic heterocycles. The molecule has 5 amide bonds.